The van der Waals surface area contributed by atoms with E-state index in [4.69, 9.17) is 18.9 Å². The fraction of sp³-hybridized carbons (Fsp3) is 0.852. The minimum Gasteiger partial charge on any atom is -0.443 e. The molecule has 3 heterocycles. The van der Waals surface area contributed by atoms with Crippen molar-refractivity contribution in [1.29, 1.82) is 0 Å². The van der Waals surface area contributed by atoms with Crippen LogP contribution in [0, 0.1) is 11.8 Å². The van der Waals surface area contributed by atoms with E-state index in [1.807, 2.05) is 13.8 Å². The van der Waals surface area contributed by atoms with E-state index in [0.717, 1.165) is 38.9 Å². The second kappa shape index (κ2) is 10.5. The number of epoxide rings is 2. The maximum atomic E-state index is 13.1. The average molecular weight is 493 g/mol. The number of piperazine rings is 1. The number of ketones is 1. The molecule has 1 saturated carbocycles. The second-order valence-corrected chi connectivity index (χ2v) is 11.5. The van der Waals surface area contributed by atoms with Gasteiger partial charge in [-0.05, 0) is 40.0 Å². The Hall–Kier alpha value is -1.48. The van der Waals surface area contributed by atoms with Crippen LogP contribution in [-0.4, -0.2) is 97.6 Å². The molecule has 3 aliphatic heterocycles. The molecule has 0 N–H and O–H groups in total. The maximum Gasteiger partial charge on any atom is 0.410 e. The van der Waals surface area contributed by atoms with E-state index in [1.165, 1.54) is 5.57 Å². The first kappa shape index (κ1) is 26.6. The van der Waals surface area contributed by atoms with Gasteiger partial charge in [0.1, 0.15) is 29.2 Å². The van der Waals surface area contributed by atoms with Crippen LogP contribution in [0.3, 0.4) is 0 Å². The largest absolute Gasteiger partial charge is 0.443 e. The van der Waals surface area contributed by atoms with Crippen LogP contribution >= 0.6 is 0 Å². The third-order valence-corrected chi connectivity index (χ3v) is 8.44. The molecule has 35 heavy (non-hydrogen) atoms. The first-order valence-electron chi connectivity index (χ1n) is 13.3. The quantitative estimate of drug-likeness (QED) is 0.360. The zero-order valence-electron chi connectivity index (χ0n) is 22.4. The van der Waals surface area contributed by atoms with Crippen LogP contribution in [0.25, 0.3) is 0 Å². The average Bonchev–Trinajstić information content (AvgIpc) is 3.74. The molecule has 1 aliphatic carbocycles. The minimum absolute atomic E-state index is 0.0254. The van der Waals surface area contributed by atoms with Gasteiger partial charge >= 0.3 is 6.09 Å². The van der Waals surface area contributed by atoms with Gasteiger partial charge in [0, 0.05) is 52.2 Å². The highest BCUT2D eigenvalue weighted by atomic mass is 16.6. The minimum atomic E-state index is -0.340. The number of methoxy groups -OCH3 is 1. The summed E-state index contributed by atoms with van der Waals surface area (Å²) in [5.41, 5.74) is 0.718. The summed E-state index contributed by atoms with van der Waals surface area (Å²) >= 11 is 0. The number of hydrogen-bond donors (Lipinski definition) is 0. The molecule has 0 radical (unpaired) electrons. The lowest BCUT2D eigenvalue weighted by Gasteiger charge is -2.43. The molecule has 1 amide bonds. The van der Waals surface area contributed by atoms with Crippen LogP contribution in [0.5, 0.6) is 0 Å². The van der Waals surface area contributed by atoms with Gasteiger partial charge in [0.25, 0.3) is 0 Å². The Morgan fingerprint density at radius 1 is 1.17 bits per heavy atom. The molecule has 1 spiro atoms. The van der Waals surface area contributed by atoms with Crippen LogP contribution in [0.15, 0.2) is 11.6 Å². The summed E-state index contributed by atoms with van der Waals surface area (Å²) in [5.74, 6) is 0.390. The Morgan fingerprint density at radius 3 is 2.43 bits per heavy atom. The molecule has 0 aromatic heterocycles. The predicted octanol–water partition coefficient (Wildman–Crippen LogP) is 3.43. The van der Waals surface area contributed by atoms with Crippen molar-refractivity contribution in [3.8, 4) is 0 Å². The van der Waals surface area contributed by atoms with E-state index in [2.05, 4.69) is 31.7 Å². The van der Waals surface area contributed by atoms with E-state index in [1.54, 1.807) is 12.0 Å². The standard InChI is InChI=1S/C27H44N2O6/c1-18(2)7-8-22-26(5,35-22)24-23(32-6)21(9-11-27(24)17-33-27)34-25(31)29-15-13-28(14-16-29)12-10-20(30)19(3)4/h7,19,21-24H,8-17H2,1-6H3/t21-,22-,23-,24-,26?,27+/m1/s1. The Labute approximate surface area is 210 Å². The molecule has 0 aromatic rings. The van der Waals surface area contributed by atoms with Gasteiger partial charge in [0.05, 0.1) is 18.6 Å². The number of carbonyl (C=O) groups excluding carboxylic acids is 2. The molecule has 198 valence electrons. The molecule has 8 heteroatoms. The monoisotopic (exact) mass is 492 g/mol. The van der Waals surface area contributed by atoms with Crippen LogP contribution < -0.4 is 0 Å². The van der Waals surface area contributed by atoms with Crippen molar-refractivity contribution in [2.24, 2.45) is 11.8 Å². The molecular formula is C27H44N2O6. The van der Waals surface area contributed by atoms with E-state index >= 15 is 0 Å². The number of rotatable bonds is 9. The van der Waals surface area contributed by atoms with Crippen LogP contribution in [0.1, 0.15) is 60.3 Å². The van der Waals surface area contributed by atoms with E-state index in [0.29, 0.717) is 26.1 Å². The normalized spacial score (nSPS) is 36.8. The highest BCUT2D eigenvalue weighted by molar-refractivity contribution is 5.80. The Kier molecular flexibility index (Phi) is 7.96. The van der Waals surface area contributed by atoms with Gasteiger partial charge in [0.15, 0.2) is 0 Å². The molecular weight excluding hydrogens is 448 g/mol. The number of allylic oxidation sites excluding steroid dienone is 1. The summed E-state index contributed by atoms with van der Waals surface area (Å²) in [5, 5.41) is 0. The summed E-state index contributed by atoms with van der Waals surface area (Å²) in [6.07, 6.45) is 4.51. The molecule has 0 bridgehead atoms. The van der Waals surface area contributed by atoms with Gasteiger partial charge < -0.3 is 23.8 Å². The van der Waals surface area contributed by atoms with E-state index in [-0.39, 0.29) is 53.2 Å². The number of carbonyl (C=O) groups is 2. The molecule has 4 fully saturated rings. The first-order valence-corrected chi connectivity index (χ1v) is 13.3. The maximum absolute atomic E-state index is 13.1. The topological polar surface area (TPSA) is 84.1 Å². The van der Waals surface area contributed by atoms with Crippen molar-refractivity contribution in [2.45, 2.75) is 89.8 Å². The Balaban J connectivity index is 1.33. The Morgan fingerprint density at radius 2 is 1.86 bits per heavy atom. The fourth-order valence-electron chi connectivity index (χ4n) is 5.99. The van der Waals surface area contributed by atoms with Crippen LogP contribution in [0.4, 0.5) is 4.79 Å². The summed E-state index contributed by atoms with van der Waals surface area (Å²) < 4.78 is 24.3. The molecule has 4 aliphatic rings. The third-order valence-electron chi connectivity index (χ3n) is 8.44. The van der Waals surface area contributed by atoms with Gasteiger partial charge in [-0.15, -0.1) is 0 Å². The van der Waals surface area contributed by atoms with Gasteiger partial charge in [-0.2, -0.15) is 0 Å². The van der Waals surface area contributed by atoms with Gasteiger partial charge in [0.2, 0.25) is 0 Å². The Bertz CT molecular complexity index is 812. The number of amides is 1. The smallest absolute Gasteiger partial charge is 0.410 e. The molecule has 1 unspecified atom stereocenters. The number of hydrogen-bond acceptors (Lipinski definition) is 7. The lowest BCUT2D eigenvalue weighted by Crippen LogP contribution is -2.57. The lowest BCUT2D eigenvalue weighted by molar-refractivity contribution is -0.123. The summed E-state index contributed by atoms with van der Waals surface area (Å²) in [6.45, 7) is 14.5. The molecule has 0 aromatic carbocycles. The highest BCUT2D eigenvalue weighted by Crippen LogP contribution is 2.59. The van der Waals surface area contributed by atoms with E-state index in [9.17, 15) is 9.59 Å². The fourth-order valence-corrected chi connectivity index (χ4v) is 5.99. The van der Waals surface area contributed by atoms with Gasteiger partial charge in [-0.1, -0.05) is 25.5 Å². The van der Waals surface area contributed by atoms with Crippen molar-refractivity contribution < 1.29 is 28.5 Å². The van der Waals surface area contributed by atoms with Crippen molar-refractivity contribution in [2.75, 3.05) is 46.4 Å². The van der Waals surface area contributed by atoms with Crippen molar-refractivity contribution in [3.63, 3.8) is 0 Å². The van der Waals surface area contributed by atoms with Gasteiger partial charge in [-0.25, -0.2) is 4.79 Å². The van der Waals surface area contributed by atoms with E-state index < -0.39 is 0 Å². The van der Waals surface area contributed by atoms with Crippen molar-refractivity contribution in [3.05, 3.63) is 11.6 Å². The molecule has 8 nitrogen and oxygen atoms in total. The second-order valence-electron chi connectivity index (χ2n) is 11.5. The zero-order valence-corrected chi connectivity index (χ0v) is 22.4. The first-order chi connectivity index (χ1) is 16.6. The SMILES string of the molecule is CO[C@H]1[C@H](C2(C)O[C@@H]2CC=C(C)C)[C@]2(CC[C@H]1OC(=O)N1CCN(CCC(=O)C(C)C)CC1)CO2. The molecule has 4 rings (SSSR count). The summed E-state index contributed by atoms with van der Waals surface area (Å²) in [4.78, 5) is 29.1. The van der Waals surface area contributed by atoms with Gasteiger partial charge in [-0.3, -0.25) is 9.69 Å². The number of nitrogens with zero attached hydrogens (tertiary/aromatic N) is 2. The zero-order chi connectivity index (χ0) is 25.4. The van der Waals surface area contributed by atoms with Crippen molar-refractivity contribution in [1.82, 2.24) is 9.80 Å². The summed E-state index contributed by atoms with van der Waals surface area (Å²) in [7, 11) is 1.70. The third kappa shape index (κ3) is 5.76. The predicted molar refractivity (Wildman–Crippen MR) is 132 cm³/mol. The summed E-state index contributed by atoms with van der Waals surface area (Å²) in [6, 6.07) is 0. The van der Waals surface area contributed by atoms with Crippen LogP contribution in [0.2, 0.25) is 0 Å². The highest BCUT2D eigenvalue weighted by Gasteiger charge is 2.72. The van der Waals surface area contributed by atoms with Crippen LogP contribution in [-0.2, 0) is 23.7 Å². The molecule has 3 saturated heterocycles. The number of Topliss-reactive ketones (excluding diaryl/α,β-unsaturated/α-hetero) is 1. The van der Waals surface area contributed by atoms with Crippen molar-refractivity contribution >= 4 is 11.9 Å². The lowest BCUT2D eigenvalue weighted by atomic mass is 9.68. The molecule has 6 atom stereocenters. The number of ether oxygens (including phenoxy) is 4.